The predicted molar refractivity (Wildman–Crippen MR) is 93.5 cm³/mol. The first kappa shape index (κ1) is 21.1. The summed E-state index contributed by atoms with van der Waals surface area (Å²) in [5, 5.41) is 2.37. The lowest BCUT2D eigenvalue weighted by molar-refractivity contribution is -0.121. The van der Waals surface area contributed by atoms with Crippen LogP contribution in [0, 0.1) is 4.91 Å². The minimum Gasteiger partial charge on any atom is -0.273 e. The molecule has 0 unspecified atom stereocenters. The zero-order valence-corrected chi connectivity index (χ0v) is 14.6. The molecule has 1 N–H and O–H groups in total. The lowest BCUT2D eigenvalue weighted by Crippen LogP contribution is -2.15. The van der Waals surface area contributed by atoms with Crippen LogP contribution < -0.4 is 5.43 Å². The summed E-state index contributed by atoms with van der Waals surface area (Å²) in [5.74, 6) is -0.260. The zero-order chi connectivity index (χ0) is 16.3. The van der Waals surface area contributed by atoms with Gasteiger partial charge in [-0.25, -0.2) is 5.43 Å². The van der Waals surface area contributed by atoms with E-state index in [1.807, 2.05) is 5.43 Å². The average Bonchev–Trinajstić information content (AvgIpc) is 2.51. The van der Waals surface area contributed by atoms with Gasteiger partial charge < -0.3 is 0 Å². The molecule has 4 nitrogen and oxygen atoms in total. The third-order valence-corrected chi connectivity index (χ3v) is 4.18. The number of nitroso groups, excluding NO2 is 1. The molecule has 22 heavy (non-hydrogen) atoms. The molecule has 0 fully saturated rings. The van der Waals surface area contributed by atoms with Gasteiger partial charge in [-0.1, -0.05) is 96.8 Å². The van der Waals surface area contributed by atoms with Crippen LogP contribution in [0.15, 0.2) is 5.29 Å². The average molecular weight is 312 g/mol. The molecular weight excluding hydrogens is 276 g/mol. The van der Waals surface area contributed by atoms with Crippen molar-refractivity contribution in [2.24, 2.45) is 5.29 Å². The lowest BCUT2D eigenvalue weighted by Gasteiger charge is -2.03. The fourth-order valence-corrected chi connectivity index (χ4v) is 2.76. The first-order valence-corrected chi connectivity index (χ1v) is 9.42. The quantitative estimate of drug-likeness (QED) is 0.202. The van der Waals surface area contributed by atoms with Gasteiger partial charge in [-0.2, -0.15) is 0 Å². The minimum atomic E-state index is -0.260. The van der Waals surface area contributed by atoms with Gasteiger partial charge in [-0.05, 0) is 6.42 Å². The van der Waals surface area contributed by atoms with Gasteiger partial charge in [0.1, 0.15) is 0 Å². The highest BCUT2D eigenvalue weighted by atomic mass is 16.3. The molecule has 0 aromatic carbocycles. The third kappa shape index (κ3) is 17.1. The predicted octanol–water partition coefficient (Wildman–Crippen LogP) is 6.05. The van der Waals surface area contributed by atoms with Crippen LogP contribution in [-0.2, 0) is 4.79 Å². The fraction of sp³-hybridized carbons (Fsp3) is 0.944. The number of carbonyl (C=O) groups excluding carboxylic acids is 1. The first-order valence-electron chi connectivity index (χ1n) is 9.42. The second-order valence-electron chi connectivity index (χ2n) is 6.33. The van der Waals surface area contributed by atoms with Crippen molar-refractivity contribution in [3.63, 3.8) is 0 Å². The summed E-state index contributed by atoms with van der Waals surface area (Å²) in [6.07, 6.45) is 20.1. The van der Waals surface area contributed by atoms with Gasteiger partial charge in [-0.15, -0.1) is 4.91 Å². The maximum Gasteiger partial charge on any atom is 0.242 e. The van der Waals surface area contributed by atoms with Crippen molar-refractivity contribution in [2.45, 2.75) is 110 Å². The normalized spacial score (nSPS) is 10.6. The van der Waals surface area contributed by atoms with Crippen LogP contribution in [0.5, 0.6) is 0 Å². The van der Waals surface area contributed by atoms with Gasteiger partial charge in [-0.3, -0.25) is 4.79 Å². The van der Waals surface area contributed by atoms with E-state index in [9.17, 15) is 9.70 Å². The molecule has 0 radical (unpaired) electrons. The van der Waals surface area contributed by atoms with Gasteiger partial charge in [0, 0.05) is 6.42 Å². The molecule has 0 rings (SSSR count). The SMILES string of the molecule is CCCCCCCCCCCCCCCCCC(=O)NN=O. The maximum absolute atomic E-state index is 11.0. The molecule has 0 aliphatic carbocycles. The number of unbranched alkanes of at least 4 members (excludes halogenated alkanes) is 14. The van der Waals surface area contributed by atoms with E-state index >= 15 is 0 Å². The second kappa shape index (κ2) is 18.1. The molecule has 1 amide bonds. The Hall–Kier alpha value is -0.930. The van der Waals surface area contributed by atoms with Crippen molar-refractivity contribution in [2.75, 3.05) is 0 Å². The van der Waals surface area contributed by atoms with Crippen molar-refractivity contribution in [1.29, 1.82) is 0 Å². The Morgan fingerprint density at radius 2 is 1.05 bits per heavy atom. The van der Waals surface area contributed by atoms with E-state index in [2.05, 4.69) is 12.2 Å². The Labute approximate surface area is 136 Å². The number of carbonyl (C=O) groups is 1. The Kier molecular flexibility index (Phi) is 17.4. The lowest BCUT2D eigenvalue weighted by atomic mass is 10.0. The molecule has 0 aromatic heterocycles. The van der Waals surface area contributed by atoms with Crippen LogP contribution in [0.4, 0.5) is 0 Å². The van der Waals surface area contributed by atoms with Crippen LogP contribution in [0.25, 0.3) is 0 Å². The van der Waals surface area contributed by atoms with E-state index in [-0.39, 0.29) is 5.91 Å². The Morgan fingerprint density at radius 1 is 0.682 bits per heavy atom. The highest BCUT2D eigenvalue weighted by Crippen LogP contribution is 2.13. The Balaban J connectivity index is 3.02. The van der Waals surface area contributed by atoms with Crippen molar-refractivity contribution in [1.82, 2.24) is 5.43 Å². The largest absolute Gasteiger partial charge is 0.273 e. The fourth-order valence-electron chi connectivity index (χ4n) is 2.76. The number of nitrogens with zero attached hydrogens (tertiary/aromatic N) is 1. The monoisotopic (exact) mass is 312 g/mol. The van der Waals surface area contributed by atoms with Crippen LogP contribution >= 0.6 is 0 Å². The topological polar surface area (TPSA) is 58.5 Å². The Morgan fingerprint density at radius 3 is 1.41 bits per heavy atom. The molecule has 0 saturated carbocycles. The highest BCUT2D eigenvalue weighted by molar-refractivity contribution is 5.75. The molecule has 130 valence electrons. The summed E-state index contributed by atoms with van der Waals surface area (Å²) in [7, 11) is 0. The molecule has 0 bridgehead atoms. The van der Waals surface area contributed by atoms with Crippen molar-refractivity contribution < 1.29 is 4.79 Å². The molecule has 0 aliphatic rings. The van der Waals surface area contributed by atoms with Crippen LogP contribution in [0.2, 0.25) is 0 Å². The molecule has 0 atom stereocenters. The van der Waals surface area contributed by atoms with E-state index in [4.69, 9.17) is 0 Å². The summed E-state index contributed by atoms with van der Waals surface area (Å²) in [6.45, 7) is 2.27. The molecule has 4 heteroatoms. The zero-order valence-electron chi connectivity index (χ0n) is 14.6. The Bertz CT molecular complexity index is 257. The molecule has 0 spiro atoms. The van der Waals surface area contributed by atoms with Gasteiger partial charge in [0.2, 0.25) is 5.91 Å². The van der Waals surface area contributed by atoms with Crippen molar-refractivity contribution in [3.05, 3.63) is 4.91 Å². The van der Waals surface area contributed by atoms with Gasteiger partial charge >= 0.3 is 0 Å². The van der Waals surface area contributed by atoms with Crippen molar-refractivity contribution in [3.8, 4) is 0 Å². The van der Waals surface area contributed by atoms with Gasteiger partial charge in [0.15, 0.2) is 0 Å². The molecular formula is C18H36N2O2. The van der Waals surface area contributed by atoms with Crippen LogP contribution in [0.3, 0.4) is 0 Å². The van der Waals surface area contributed by atoms with E-state index in [0.29, 0.717) is 6.42 Å². The van der Waals surface area contributed by atoms with E-state index < -0.39 is 0 Å². The third-order valence-electron chi connectivity index (χ3n) is 4.18. The summed E-state index contributed by atoms with van der Waals surface area (Å²) in [6, 6.07) is 0. The second-order valence-corrected chi connectivity index (χ2v) is 6.33. The van der Waals surface area contributed by atoms with E-state index in [1.54, 1.807) is 0 Å². The summed E-state index contributed by atoms with van der Waals surface area (Å²) < 4.78 is 0. The molecule has 0 aromatic rings. The minimum absolute atomic E-state index is 0.260. The molecule has 0 heterocycles. The standard InChI is InChI=1S/C18H36N2O2/c1-2-3-4-5-6-7-8-9-10-11-12-13-14-15-16-17-18(21)19-20-22/h2-17H2,1H3,(H,19,21,22). The van der Waals surface area contributed by atoms with E-state index in [0.717, 1.165) is 12.8 Å². The van der Waals surface area contributed by atoms with E-state index in [1.165, 1.54) is 83.5 Å². The highest BCUT2D eigenvalue weighted by Gasteiger charge is 1.99. The number of hydrogen-bond donors (Lipinski definition) is 1. The van der Waals surface area contributed by atoms with Crippen LogP contribution in [-0.4, -0.2) is 5.91 Å². The smallest absolute Gasteiger partial charge is 0.242 e. The van der Waals surface area contributed by atoms with Crippen molar-refractivity contribution >= 4 is 5.91 Å². The summed E-state index contributed by atoms with van der Waals surface area (Å²) >= 11 is 0. The first-order chi connectivity index (χ1) is 10.8. The molecule has 0 aliphatic heterocycles. The number of amides is 1. The maximum atomic E-state index is 11.0. The van der Waals surface area contributed by atoms with Gasteiger partial charge in [0.25, 0.3) is 0 Å². The van der Waals surface area contributed by atoms with Gasteiger partial charge in [0.05, 0.1) is 5.29 Å². The summed E-state index contributed by atoms with van der Waals surface area (Å²) in [5.41, 5.74) is 1.93. The number of nitrogens with one attached hydrogen (secondary N) is 1. The molecule has 0 saturated heterocycles. The number of rotatable bonds is 17. The van der Waals surface area contributed by atoms with Crippen LogP contribution in [0.1, 0.15) is 110 Å². The number of hydrogen-bond acceptors (Lipinski definition) is 3. The summed E-state index contributed by atoms with van der Waals surface area (Å²) in [4.78, 5) is 20.8.